The Bertz CT molecular complexity index is 589. The van der Waals surface area contributed by atoms with Gasteiger partial charge >= 0.3 is 0 Å². The van der Waals surface area contributed by atoms with E-state index in [0.29, 0.717) is 5.56 Å². The van der Waals surface area contributed by atoms with Crippen LogP contribution in [0.3, 0.4) is 0 Å². The van der Waals surface area contributed by atoms with Gasteiger partial charge in [0, 0.05) is 11.5 Å². The molecule has 18 heavy (non-hydrogen) atoms. The number of ketones is 1. The summed E-state index contributed by atoms with van der Waals surface area (Å²) in [6, 6.07) is 6.67. The number of carbonyl (C=O) groups is 1. The fourth-order valence-corrected chi connectivity index (χ4v) is 5.20. The van der Waals surface area contributed by atoms with E-state index in [4.69, 9.17) is 0 Å². The molecule has 0 spiro atoms. The van der Waals surface area contributed by atoms with Crippen molar-refractivity contribution in [1.29, 1.82) is 0 Å². The quantitative estimate of drug-likeness (QED) is 0.723. The number of benzene rings is 1. The lowest BCUT2D eigenvalue weighted by molar-refractivity contribution is 0.0840. The van der Waals surface area contributed by atoms with Gasteiger partial charge in [0.1, 0.15) is 0 Å². The van der Waals surface area contributed by atoms with Crippen molar-refractivity contribution >= 4 is 15.6 Å². The Hall–Kier alpha value is -1.16. The zero-order chi connectivity index (χ0) is 12.8. The lowest BCUT2D eigenvalue weighted by Gasteiger charge is -2.27. The smallest absolute Gasteiger partial charge is 0.179 e. The second kappa shape index (κ2) is 4.19. The molecule has 1 aliphatic heterocycles. The molecule has 3 nitrogen and oxygen atoms in total. The second-order valence-corrected chi connectivity index (χ2v) is 7.30. The van der Waals surface area contributed by atoms with Gasteiger partial charge in [-0.1, -0.05) is 31.0 Å². The minimum absolute atomic E-state index is 0.0173. The molecule has 0 aromatic heterocycles. The molecular formula is C14H16O3S. The Balaban J connectivity index is 2.17. The molecule has 2 unspecified atom stereocenters. The average Bonchev–Trinajstić information content (AvgIpc) is 2.45. The molecule has 1 heterocycles. The average molecular weight is 264 g/mol. The normalized spacial score (nSPS) is 30.1. The molecule has 3 rings (SSSR count). The molecule has 1 aliphatic carbocycles. The van der Waals surface area contributed by atoms with Crippen molar-refractivity contribution in [3.8, 4) is 0 Å². The van der Waals surface area contributed by atoms with Crippen LogP contribution in [0.5, 0.6) is 0 Å². The number of hydrogen-bond donors (Lipinski definition) is 0. The zero-order valence-electron chi connectivity index (χ0n) is 10.1. The van der Waals surface area contributed by atoms with Gasteiger partial charge in [-0.25, -0.2) is 8.42 Å². The Kier molecular flexibility index (Phi) is 2.77. The molecule has 96 valence electrons. The van der Waals surface area contributed by atoms with Crippen molar-refractivity contribution in [3.63, 3.8) is 0 Å². The molecule has 2 atom stereocenters. The number of rotatable bonds is 0. The number of carbonyl (C=O) groups excluding carboxylic acids is 1. The van der Waals surface area contributed by atoms with E-state index in [0.717, 1.165) is 25.7 Å². The molecule has 1 fully saturated rings. The first-order valence-electron chi connectivity index (χ1n) is 6.45. The molecule has 0 amide bonds. The first-order chi connectivity index (χ1) is 8.59. The molecular weight excluding hydrogens is 248 g/mol. The minimum Gasteiger partial charge on any atom is -0.294 e. The fraction of sp³-hybridized carbons (Fsp3) is 0.500. The highest BCUT2D eigenvalue weighted by Gasteiger charge is 2.40. The summed E-state index contributed by atoms with van der Waals surface area (Å²) in [5, 5.41) is 0. The standard InChI is InChI=1S/C14H16O3S/c15-14-11-6-2-1-5-10(11)9-18(16,17)13-8-4-3-7-12(13)14/h3-4,7-8,10-11H,1-2,5-6,9H2. The van der Waals surface area contributed by atoms with Crippen LogP contribution in [0.15, 0.2) is 29.2 Å². The highest BCUT2D eigenvalue weighted by atomic mass is 32.2. The topological polar surface area (TPSA) is 51.2 Å². The number of hydrogen-bond acceptors (Lipinski definition) is 3. The molecule has 0 saturated heterocycles. The summed E-state index contributed by atoms with van der Waals surface area (Å²) >= 11 is 0. The summed E-state index contributed by atoms with van der Waals surface area (Å²) in [6.07, 6.45) is 3.78. The second-order valence-electron chi connectivity index (χ2n) is 5.29. The van der Waals surface area contributed by atoms with E-state index in [1.165, 1.54) is 0 Å². The number of fused-ring (bicyclic) bond motifs is 2. The lowest BCUT2D eigenvalue weighted by Crippen LogP contribution is -2.29. The summed E-state index contributed by atoms with van der Waals surface area (Å²) in [7, 11) is -3.30. The van der Waals surface area contributed by atoms with Crippen LogP contribution in [0.1, 0.15) is 36.0 Å². The Morgan fingerprint density at radius 1 is 1.06 bits per heavy atom. The van der Waals surface area contributed by atoms with Gasteiger partial charge in [-0.05, 0) is 24.8 Å². The van der Waals surface area contributed by atoms with Gasteiger partial charge in [0.25, 0.3) is 0 Å². The van der Waals surface area contributed by atoms with Gasteiger partial charge in [0.15, 0.2) is 15.6 Å². The SMILES string of the molecule is O=C1c2ccccc2S(=O)(=O)CC2CCCCC12. The van der Waals surface area contributed by atoms with Crippen LogP contribution in [-0.4, -0.2) is 20.0 Å². The van der Waals surface area contributed by atoms with E-state index >= 15 is 0 Å². The van der Waals surface area contributed by atoms with E-state index in [2.05, 4.69) is 0 Å². The predicted octanol–water partition coefficient (Wildman–Crippen LogP) is 2.46. The zero-order valence-corrected chi connectivity index (χ0v) is 10.9. The Morgan fingerprint density at radius 3 is 2.61 bits per heavy atom. The van der Waals surface area contributed by atoms with Gasteiger partial charge in [0.05, 0.1) is 10.6 Å². The van der Waals surface area contributed by atoms with Crippen molar-refractivity contribution in [2.45, 2.75) is 30.6 Å². The minimum atomic E-state index is -3.30. The maximum Gasteiger partial charge on any atom is 0.179 e. The Morgan fingerprint density at radius 2 is 1.78 bits per heavy atom. The summed E-state index contributed by atoms with van der Waals surface area (Å²) in [6.45, 7) is 0. The van der Waals surface area contributed by atoms with Crippen LogP contribution in [0, 0.1) is 11.8 Å². The molecule has 2 aliphatic rings. The molecule has 1 saturated carbocycles. The predicted molar refractivity (Wildman–Crippen MR) is 68.3 cm³/mol. The summed E-state index contributed by atoms with van der Waals surface area (Å²) in [5.74, 6) is 0.109. The highest BCUT2D eigenvalue weighted by Crippen LogP contribution is 2.38. The first kappa shape index (κ1) is 11.9. The third-order valence-corrected chi connectivity index (χ3v) is 6.06. The monoisotopic (exact) mass is 264 g/mol. The van der Waals surface area contributed by atoms with Crippen LogP contribution in [0.2, 0.25) is 0 Å². The van der Waals surface area contributed by atoms with Crippen LogP contribution in [0.4, 0.5) is 0 Å². The maximum absolute atomic E-state index is 12.5. The van der Waals surface area contributed by atoms with Crippen molar-refractivity contribution in [2.75, 3.05) is 5.75 Å². The number of sulfone groups is 1. The maximum atomic E-state index is 12.5. The van der Waals surface area contributed by atoms with E-state index in [1.54, 1.807) is 24.3 Å². The highest BCUT2D eigenvalue weighted by molar-refractivity contribution is 7.91. The molecule has 0 N–H and O–H groups in total. The van der Waals surface area contributed by atoms with Crippen LogP contribution >= 0.6 is 0 Å². The molecule has 1 aromatic rings. The van der Waals surface area contributed by atoms with Crippen molar-refractivity contribution in [2.24, 2.45) is 11.8 Å². The largest absolute Gasteiger partial charge is 0.294 e. The van der Waals surface area contributed by atoms with Gasteiger partial charge in [-0.2, -0.15) is 0 Å². The molecule has 0 radical (unpaired) electrons. The van der Waals surface area contributed by atoms with Crippen LogP contribution < -0.4 is 0 Å². The third kappa shape index (κ3) is 1.79. The fourth-order valence-electron chi connectivity index (χ4n) is 3.27. The van der Waals surface area contributed by atoms with E-state index in [-0.39, 0.29) is 28.3 Å². The Labute approximate surface area is 107 Å². The van der Waals surface area contributed by atoms with Gasteiger partial charge in [-0.15, -0.1) is 0 Å². The number of Topliss-reactive ketones (excluding diaryl/α,β-unsaturated/α-hetero) is 1. The molecule has 4 heteroatoms. The van der Waals surface area contributed by atoms with Gasteiger partial charge < -0.3 is 0 Å². The van der Waals surface area contributed by atoms with E-state index in [1.807, 2.05) is 0 Å². The lowest BCUT2D eigenvalue weighted by atomic mass is 9.76. The van der Waals surface area contributed by atoms with E-state index in [9.17, 15) is 13.2 Å². The third-order valence-electron chi connectivity index (χ3n) is 4.17. The summed E-state index contributed by atoms with van der Waals surface area (Å²) in [5.41, 5.74) is 0.409. The van der Waals surface area contributed by atoms with Gasteiger partial charge in [-0.3, -0.25) is 4.79 Å². The summed E-state index contributed by atoms with van der Waals surface area (Å²) in [4.78, 5) is 12.7. The van der Waals surface area contributed by atoms with Gasteiger partial charge in [0.2, 0.25) is 0 Å². The summed E-state index contributed by atoms with van der Waals surface area (Å²) < 4.78 is 24.7. The first-order valence-corrected chi connectivity index (χ1v) is 8.11. The van der Waals surface area contributed by atoms with Crippen LogP contribution in [0.25, 0.3) is 0 Å². The molecule has 0 bridgehead atoms. The van der Waals surface area contributed by atoms with E-state index < -0.39 is 9.84 Å². The van der Waals surface area contributed by atoms with Crippen molar-refractivity contribution in [1.82, 2.24) is 0 Å². The van der Waals surface area contributed by atoms with Crippen molar-refractivity contribution in [3.05, 3.63) is 29.8 Å². The van der Waals surface area contributed by atoms with Crippen molar-refractivity contribution < 1.29 is 13.2 Å². The van der Waals surface area contributed by atoms with Crippen LogP contribution in [-0.2, 0) is 9.84 Å². The molecule has 1 aromatic carbocycles.